The number of rotatable bonds is 3. The average Bonchev–Trinajstić information content (AvgIpc) is 2.54. The quantitative estimate of drug-likeness (QED) is 0.584. The first-order valence-electron chi connectivity index (χ1n) is 7.23. The van der Waals surface area contributed by atoms with Crippen molar-refractivity contribution in [1.29, 1.82) is 0 Å². The summed E-state index contributed by atoms with van der Waals surface area (Å²) in [6.07, 6.45) is 1.76. The predicted octanol–water partition coefficient (Wildman–Crippen LogP) is 4.08. The number of hydrogen-bond acceptors (Lipinski definition) is 4. The minimum absolute atomic E-state index is 0.740. The molecule has 0 fully saturated rings. The summed E-state index contributed by atoms with van der Waals surface area (Å²) in [4.78, 5) is 8.88. The van der Waals surface area contributed by atoms with Crippen molar-refractivity contribution < 1.29 is 0 Å². The summed E-state index contributed by atoms with van der Waals surface area (Å²) in [5, 5.41) is 5.55. The minimum Gasteiger partial charge on any atom is -0.261 e. The Labute approximate surface area is 129 Å². The molecule has 110 valence electrons. The van der Waals surface area contributed by atoms with Gasteiger partial charge in [0.25, 0.3) is 0 Å². The molecule has 0 aliphatic heterocycles. The van der Waals surface area contributed by atoms with Crippen LogP contribution >= 0.6 is 0 Å². The molecule has 0 aliphatic carbocycles. The highest BCUT2D eigenvalue weighted by Gasteiger charge is 2.03. The van der Waals surface area contributed by atoms with Crippen LogP contribution in [0.1, 0.15) is 23.7 Å². The second kappa shape index (κ2) is 5.93. The number of fused-ring (bicyclic) bond motifs is 1. The van der Waals surface area contributed by atoms with Crippen LogP contribution < -0.4 is 5.43 Å². The highest BCUT2D eigenvalue weighted by molar-refractivity contribution is 5.97. The van der Waals surface area contributed by atoms with Crippen LogP contribution in [0.5, 0.6) is 0 Å². The van der Waals surface area contributed by atoms with Crippen LogP contribution in [0.15, 0.2) is 53.8 Å². The van der Waals surface area contributed by atoms with E-state index in [4.69, 9.17) is 0 Å². The van der Waals surface area contributed by atoms with Gasteiger partial charge in [0.1, 0.15) is 5.82 Å². The van der Waals surface area contributed by atoms with E-state index in [-0.39, 0.29) is 0 Å². The highest BCUT2D eigenvalue weighted by Crippen LogP contribution is 2.21. The SMILES string of the molecule is C/C(=N\Nc1cc(C)c2cc(C)ccc2n1)c1ccccn1. The Hall–Kier alpha value is -2.75. The molecule has 1 aromatic carbocycles. The average molecular weight is 290 g/mol. The van der Waals surface area contributed by atoms with E-state index in [0.717, 1.165) is 22.7 Å². The molecule has 0 aliphatic rings. The number of aryl methyl sites for hydroxylation is 2. The number of hydrogen-bond donors (Lipinski definition) is 1. The fourth-order valence-corrected chi connectivity index (χ4v) is 2.34. The van der Waals surface area contributed by atoms with Gasteiger partial charge in [-0.3, -0.25) is 10.4 Å². The van der Waals surface area contributed by atoms with E-state index in [1.54, 1.807) is 6.20 Å². The molecule has 4 heteroatoms. The van der Waals surface area contributed by atoms with E-state index >= 15 is 0 Å². The number of pyridine rings is 2. The minimum atomic E-state index is 0.740. The Kier molecular flexibility index (Phi) is 3.83. The van der Waals surface area contributed by atoms with Gasteiger partial charge in [0.05, 0.1) is 16.9 Å². The predicted molar refractivity (Wildman–Crippen MR) is 91.3 cm³/mol. The maximum absolute atomic E-state index is 4.60. The van der Waals surface area contributed by atoms with Crippen LogP contribution in [0, 0.1) is 13.8 Å². The summed E-state index contributed by atoms with van der Waals surface area (Å²) in [6.45, 7) is 6.10. The van der Waals surface area contributed by atoms with Crippen molar-refractivity contribution >= 4 is 22.4 Å². The molecule has 2 aromatic heterocycles. The van der Waals surface area contributed by atoms with Crippen molar-refractivity contribution in [2.45, 2.75) is 20.8 Å². The van der Waals surface area contributed by atoms with Gasteiger partial charge in [-0.15, -0.1) is 0 Å². The first-order chi connectivity index (χ1) is 10.6. The lowest BCUT2D eigenvalue weighted by Crippen LogP contribution is -2.03. The van der Waals surface area contributed by atoms with Crippen molar-refractivity contribution in [3.05, 3.63) is 65.5 Å². The van der Waals surface area contributed by atoms with E-state index in [1.807, 2.05) is 37.3 Å². The molecule has 0 bridgehead atoms. The summed E-state index contributed by atoms with van der Waals surface area (Å²) in [5.74, 6) is 0.740. The third-order valence-electron chi connectivity index (χ3n) is 3.54. The maximum atomic E-state index is 4.60. The fraction of sp³-hybridized carbons (Fsp3) is 0.167. The zero-order valence-corrected chi connectivity index (χ0v) is 13.0. The molecule has 0 saturated carbocycles. The zero-order chi connectivity index (χ0) is 15.5. The molecule has 3 rings (SSSR count). The van der Waals surface area contributed by atoms with Crippen molar-refractivity contribution in [2.75, 3.05) is 5.43 Å². The Bertz CT molecular complexity index is 838. The molecule has 2 heterocycles. The van der Waals surface area contributed by atoms with Gasteiger partial charge in [-0.25, -0.2) is 4.98 Å². The molecule has 0 saturated heterocycles. The summed E-state index contributed by atoms with van der Waals surface area (Å²) < 4.78 is 0. The summed E-state index contributed by atoms with van der Waals surface area (Å²) >= 11 is 0. The third-order valence-corrected chi connectivity index (χ3v) is 3.54. The third kappa shape index (κ3) is 2.96. The zero-order valence-electron chi connectivity index (χ0n) is 13.0. The molecule has 3 aromatic rings. The second-order valence-electron chi connectivity index (χ2n) is 5.37. The number of benzene rings is 1. The maximum Gasteiger partial charge on any atom is 0.147 e. The molecule has 0 spiro atoms. The molecule has 0 amide bonds. The van der Waals surface area contributed by atoms with E-state index in [9.17, 15) is 0 Å². The molecular weight excluding hydrogens is 272 g/mol. The van der Waals surface area contributed by atoms with Gasteiger partial charge in [-0.1, -0.05) is 17.7 Å². The number of anilines is 1. The van der Waals surface area contributed by atoms with Crippen molar-refractivity contribution in [1.82, 2.24) is 9.97 Å². The summed E-state index contributed by atoms with van der Waals surface area (Å²) in [7, 11) is 0. The van der Waals surface area contributed by atoms with E-state index in [1.165, 1.54) is 16.5 Å². The lowest BCUT2D eigenvalue weighted by atomic mass is 10.1. The van der Waals surface area contributed by atoms with Crippen LogP contribution in [0.4, 0.5) is 5.82 Å². The van der Waals surface area contributed by atoms with E-state index in [0.29, 0.717) is 0 Å². The fourth-order valence-electron chi connectivity index (χ4n) is 2.34. The van der Waals surface area contributed by atoms with Gasteiger partial charge in [-0.05, 0) is 56.7 Å². The van der Waals surface area contributed by atoms with Gasteiger partial charge >= 0.3 is 0 Å². The first-order valence-corrected chi connectivity index (χ1v) is 7.23. The number of nitrogens with zero attached hydrogens (tertiary/aromatic N) is 3. The van der Waals surface area contributed by atoms with Crippen LogP contribution in [0.2, 0.25) is 0 Å². The van der Waals surface area contributed by atoms with Crippen LogP contribution in [0.25, 0.3) is 10.9 Å². The largest absolute Gasteiger partial charge is 0.261 e. The smallest absolute Gasteiger partial charge is 0.147 e. The Balaban J connectivity index is 1.90. The van der Waals surface area contributed by atoms with Gasteiger partial charge < -0.3 is 0 Å². The van der Waals surface area contributed by atoms with Crippen molar-refractivity contribution in [2.24, 2.45) is 5.10 Å². The molecule has 1 N–H and O–H groups in total. The van der Waals surface area contributed by atoms with E-state index in [2.05, 4.69) is 46.5 Å². The molecule has 0 unspecified atom stereocenters. The van der Waals surface area contributed by atoms with Crippen molar-refractivity contribution in [3.63, 3.8) is 0 Å². The number of nitrogens with one attached hydrogen (secondary N) is 1. The highest BCUT2D eigenvalue weighted by atomic mass is 15.3. The molecule has 0 radical (unpaired) electrons. The van der Waals surface area contributed by atoms with Crippen LogP contribution in [0.3, 0.4) is 0 Å². The molecular formula is C18H18N4. The lowest BCUT2D eigenvalue weighted by Gasteiger charge is -2.07. The normalized spacial score (nSPS) is 11.7. The molecule has 0 atom stereocenters. The topological polar surface area (TPSA) is 50.2 Å². The van der Waals surface area contributed by atoms with E-state index < -0.39 is 0 Å². The van der Waals surface area contributed by atoms with Crippen LogP contribution in [-0.4, -0.2) is 15.7 Å². The Morgan fingerprint density at radius 1 is 1.09 bits per heavy atom. The van der Waals surface area contributed by atoms with Gasteiger partial charge in [0.15, 0.2) is 0 Å². The second-order valence-corrected chi connectivity index (χ2v) is 5.37. The standard InChI is InChI=1S/C18H18N4/c1-12-7-8-17-15(10-12)13(2)11-18(20-17)22-21-14(3)16-6-4-5-9-19-16/h4-11H,1-3H3,(H,20,22)/b21-14+. The first kappa shape index (κ1) is 14.2. The lowest BCUT2D eigenvalue weighted by molar-refractivity contribution is 1.21. The van der Waals surface area contributed by atoms with Gasteiger partial charge in [0.2, 0.25) is 0 Å². The number of hydrazone groups is 1. The van der Waals surface area contributed by atoms with Crippen molar-refractivity contribution in [3.8, 4) is 0 Å². The van der Waals surface area contributed by atoms with Gasteiger partial charge in [0, 0.05) is 11.6 Å². The number of aromatic nitrogens is 2. The molecule has 22 heavy (non-hydrogen) atoms. The molecule has 4 nitrogen and oxygen atoms in total. The van der Waals surface area contributed by atoms with Gasteiger partial charge in [-0.2, -0.15) is 5.10 Å². The summed E-state index contributed by atoms with van der Waals surface area (Å²) in [5.41, 5.74) is 8.09. The monoisotopic (exact) mass is 290 g/mol. The Morgan fingerprint density at radius 3 is 2.73 bits per heavy atom. The summed E-state index contributed by atoms with van der Waals surface area (Å²) in [6, 6.07) is 14.0. The Morgan fingerprint density at radius 2 is 1.95 bits per heavy atom. The van der Waals surface area contributed by atoms with Crippen LogP contribution in [-0.2, 0) is 0 Å².